The summed E-state index contributed by atoms with van der Waals surface area (Å²) in [6.07, 6.45) is 62.2. The highest BCUT2D eigenvalue weighted by Crippen LogP contribution is 2.30. The van der Waals surface area contributed by atoms with Gasteiger partial charge in [-0.1, -0.05) is 231 Å². The van der Waals surface area contributed by atoms with Gasteiger partial charge in [0, 0.05) is 6.42 Å². The van der Waals surface area contributed by atoms with Crippen molar-refractivity contribution in [2.24, 2.45) is 0 Å². The number of rotatable bonds is 50. The molecule has 0 aromatic heterocycles. The molecule has 0 bridgehead atoms. The van der Waals surface area contributed by atoms with Crippen LogP contribution in [0.25, 0.3) is 0 Å². The maximum atomic E-state index is 13.3. The minimum Gasteiger partial charge on any atom is -0.394 e. The van der Waals surface area contributed by atoms with Crippen LogP contribution in [-0.4, -0.2) is 140 Å². The fraction of sp³-hybridized carbons (Fsp3) is 0.671. The van der Waals surface area contributed by atoms with Crippen LogP contribution in [-0.2, 0) is 23.7 Å². The first-order valence-electron chi connectivity index (χ1n) is 32.4. The summed E-state index contributed by atoms with van der Waals surface area (Å²) >= 11 is 0. The molecule has 14 nitrogen and oxygen atoms in total. The zero-order valence-corrected chi connectivity index (χ0v) is 51.6. The molecule has 84 heavy (non-hydrogen) atoms. The van der Waals surface area contributed by atoms with Crippen molar-refractivity contribution in [3.05, 3.63) is 134 Å². The molecule has 14 heteroatoms. The van der Waals surface area contributed by atoms with Crippen molar-refractivity contribution in [2.75, 3.05) is 19.8 Å². The first-order chi connectivity index (χ1) is 41.1. The molecule has 9 N–H and O–H groups in total. The van der Waals surface area contributed by atoms with Gasteiger partial charge in [0.25, 0.3) is 0 Å². The van der Waals surface area contributed by atoms with E-state index in [4.69, 9.17) is 18.9 Å². The summed E-state index contributed by atoms with van der Waals surface area (Å²) in [7, 11) is 0. The fourth-order valence-corrected chi connectivity index (χ4v) is 9.65. The van der Waals surface area contributed by atoms with Crippen LogP contribution >= 0.6 is 0 Å². The second-order valence-electron chi connectivity index (χ2n) is 22.1. The SMILES string of the molecule is CC/C=C\C/C=C\C/C=C\C/C=C\C/C=C\C/C=C\C/C=C\C/C=C\C/C=C\CCCCCCCCCCCC(=O)NC(COC1OC(CO)C(OC2OC(CO)C(O)C(O)C2O)C(O)C1O)C(O)/C=C/CC/C=C/CCCCCCCCC. The van der Waals surface area contributed by atoms with Crippen LogP contribution in [0.15, 0.2) is 134 Å². The molecule has 12 unspecified atom stereocenters. The van der Waals surface area contributed by atoms with Crippen LogP contribution < -0.4 is 5.32 Å². The van der Waals surface area contributed by atoms with Crippen LogP contribution in [0.3, 0.4) is 0 Å². The van der Waals surface area contributed by atoms with Gasteiger partial charge in [0.1, 0.15) is 48.8 Å². The van der Waals surface area contributed by atoms with Gasteiger partial charge in [-0.25, -0.2) is 0 Å². The van der Waals surface area contributed by atoms with E-state index in [2.05, 4.69) is 141 Å². The molecule has 2 saturated heterocycles. The number of allylic oxidation sites excluding steroid dienone is 21. The number of amides is 1. The lowest BCUT2D eigenvalue weighted by atomic mass is 9.97. The summed E-state index contributed by atoms with van der Waals surface area (Å²) in [4.78, 5) is 13.3. The Hall–Kier alpha value is -3.87. The zero-order valence-electron chi connectivity index (χ0n) is 51.6. The average molecular weight is 1180 g/mol. The minimum absolute atomic E-state index is 0.257. The quantitative estimate of drug-likeness (QED) is 0.0204. The Bertz CT molecular complexity index is 1920. The molecule has 0 aliphatic carbocycles. The van der Waals surface area contributed by atoms with E-state index < -0.39 is 86.8 Å². The second-order valence-corrected chi connectivity index (χ2v) is 22.1. The lowest BCUT2D eigenvalue weighted by Gasteiger charge is -2.46. The van der Waals surface area contributed by atoms with Gasteiger partial charge in [0.05, 0.1) is 32.0 Å². The Morgan fingerprint density at radius 2 is 0.833 bits per heavy atom. The molecule has 2 heterocycles. The third-order valence-electron chi connectivity index (χ3n) is 14.8. The molecule has 2 rings (SSSR count). The van der Waals surface area contributed by atoms with Gasteiger partial charge >= 0.3 is 0 Å². The van der Waals surface area contributed by atoms with E-state index in [1.54, 1.807) is 6.08 Å². The van der Waals surface area contributed by atoms with Gasteiger partial charge in [-0.2, -0.15) is 0 Å². The number of carbonyl (C=O) groups excluding carboxylic acids is 1. The number of aliphatic hydroxyl groups is 8. The van der Waals surface area contributed by atoms with Crippen molar-refractivity contribution >= 4 is 5.91 Å². The van der Waals surface area contributed by atoms with Crippen molar-refractivity contribution in [3.63, 3.8) is 0 Å². The van der Waals surface area contributed by atoms with E-state index in [0.29, 0.717) is 12.8 Å². The lowest BCUT2D eigenvalue weighted by Crippen LogP contribution is -2.65. The van der Waals surface area contributed by atoms with Crippen LogP contribution in [0.5, 0.6) is 0 Å². The van der Waals surface area contributed by atoms with Crippen molar-refractivity contribution in [2.45, 2.75) is 280 Å². The van der Waals surface area contributed by atoms with Crippen LogP contribution in [0.2, 0.25) is 0 Å². The molecular formula is C70H115NO13. The third kappa shape index (κ3) is 37.6. The van der Waals surface area contributed by atoms with Crippen molar-refractivity contribution < 1.29 is 64.6 Å². The van der Waals surface area contributed by atoms with Gasteiger partial charge in [0.15, 0.2) is 12.6 Å². The second kappa shape index (κ2) is 53.4. The van der Waals surface area contributed by atoms with E-state index in [1.807, 2.05) is 6.08 Å². The number of hydrogen-bond acceptors (Lipinski definition) is 13. The largest absolute Gasteiger partial charge is 0.394 e. The molecule has 478 valence electrons. The summed E-state index contributed by atoms with van der Waals surface area (Å²) in [6, 6.07) is -0.943. The van der Waals surface area contributed by atoms with E-state index in [9.17, 15) is 45.6 Å². The Kier molecular flexibility index (Phi) is 48.4. The highest BCUT2D eigenvalue weighted by Gasteiger charge is 2.51. The van der Waals surface area contributed by atoms with Crippen LogP contribution in [0.4, 0.5) is 0 Å². The summed E-state index contributed by atoms with van der Waals surface area (Å²) in [5.74, 6) is -0.263. The molecule has 0 aromatic rings. The van der Waals surface area contributed by atoms with Crippen LogP contribution in [0.1, 0.15) is 206 Å². The van der Waals surface area contributed by atoms with Crippen molar-refractivity contribution in [1.82, 2.24) is 5.32 Å². The third-order valence-corrected chi connectivity index (χ3v) is 14.8. The number of ether oxygens (including phenoxy) is 4. The number of hydrogen-bond donors (Lipinski definition) is 9. The molecule has 2 aliphatic heterocycles. The van der Waals surface area contributed by atoms with Gasteiger partial charge in [-0.15, -0.1) is 0 Å². The molecule has 1 amide bonds. The van der Waals surface area contributed by atoms with Crippen LogP contribution in [0, 0.1) is 0 Å². The molecule has 0 saturated carbocycles. The molecule has 2 aliphatic rings. The van der Waals surface area contributed by atoms with Crippen molar-refractivity contribution in [3.8, 4) is 0 Å². The first kappa shape index (κ1) is 76.2. The molecule has 0 spiro atoms. The first-order valence-corrected chi connectivity index (χ1v) is 32.4. The summed E-state index contributed by atoms with van der Waals surface area (Å²) in [6.45, 7) is 2.63. The Labute approximate surface area is 507 Å². The van der Waals surface area contributed by atoms with Gasteiger partial charge < -0.3 is 65.1 Å². The fourth-order valence-electron chi connectivity index (χ4n) is 9.65. The summed E-state index contributed by atoms with van der Waals surface area (Å²) in [5.41, 5.74) is 0. The Balaban J connectivity index is 1.65. The van der Waals surface area contributed by atoms with Gasteiger partial charge in [0.2, 0.25) is 5.91 Å². The normalized spacial score (nSPS) is 24.6. The Morgan fingerprint density at radius 1 is 0.440 bits per heavy atom. The number of aliphatic hydroxyl groups excluding tert-OH is 8. The lowest BCUT2D eigenvalue weighted by molar-refractivity contribution is -0.359. The maximum Gasteiger partial charge on any atom is 0.220 e. The highest BCUT2D eigenvalue weighted by molar-refractivity contribution is 5.76. The zero-order chi connectivity index (χ0) is 60.9. The topological polar surface area (TPSA) is 228 Å². The van der Waals surface area contributed by atoms with E-state index in [1.165, 1.54) is 70.6 Å². The smallest absolute Gasteiger partial charge is 0.220 e. The molecule has 0 aromatic carbocycles. The predicted molar refractivity (Wildman–Crippen MR) is 341 cm³/mol. The van der Waals surface area contributed by atoms with Gasteiger partial charge in [-0.3, -0.25) is 4.79 Å². The van der Waals surface area contributed by atoms with Gasteiger partial charge in [-0.05, 0) is 103 Å². The number of unbranched alkanes of at least 4 members (excludes halogenated alkanes) is 17. The molecule has 2 fully saturated rings. The maximum absolute atomic E-state index is 13.3. The van der Waals surface area contributed by atoms with E-state index in [-0.39, 0.29) is 18.9 Å². The highest BCUT2D eigenvalue weighted by atomic mass is 16.7. The molecular weight excluding hydrogens is 1060 g/mol. The summed E-state index contributed by atoms with van der Waals surface area (Å²) in [5, 5.41) is 87.1. The minimum atomic E-state index is -1.80. The molecule has 12 atom stereocenters. The monoisotopic (exact) mass is 1180 g/mol. The van der Waals surface area contributed by atoms with Crippen molar-refractivity contribution in [1.29, 1.82) is 0 Å². The number of carbonyl (C=O) groups is 1. The number of nitrogens with one attached hydrogen (secondary N) is 1. The molecule has 0 radical (unpaired) electrons. The van der Waals surface area contributed by atoms with E-state index in [0.717, 1.165) is 103 Å². The Morgan fingerprint density at radius 3 is 1.31 bits per heavy atom. The standard InChI is InChI=1S/C70H115NO13/c1-3-5-7-9-11-13-15-17-18-19-20-21-22-23-24-25-26-27-28-29-30-31-32-33-34-35-36-37-38-39-40-42-44-46-48-50-52-54-62(75)71-58(59(74)53-51-49-47-45-43-41-16-14-12-10-8-6-4-2)57-81-69-67(80)65(78)68(61(56-73)83-69)84-70-66(79)64(77)63(76)60(55-72)82-70/h5,7,11,13,17-18,20-21,23-24,26-27,29-30,32-33,35-36,43,45,51,53,58-61,63-70,72-74,76-80H,3-4,6,8-10,12,14-16,19,22,25,28,31,34,37-42,44,46-50,52,54-57H2,1-2H3,(H,71,75)/b7-5-,13-11-,18-17-,21-20-,24-23-,27-26-,30-29-,33-32-,36-35-,45-43+,53-51+. The predicted octanol–water partition coefficient (Wildman–Crippen LogP) is 12.3. The summed E-state index contributed by atoms with van der Waals surface area (Å²) < 4.78 is 22.7. The average Bonchev–Trinajstić information content (AvgIpc) is 2.58. The van der Waals surface area contributed by atoms with E-state index >= 15 is 0 Å².